The van der Waals surface area contributed by atoms with Crippen LogP contribution in [0.2, 0.25) is 0 Å². The highest BCUT2D eigenvalue weighted by Gasteiger charge is 2.39. The quantitative estimate of drug-likeness (QED) is 0.217. The first-order valence-electron chi connectivity index (χ1n) is 16.8. The van der Waals surface area contributed by atoms with Crippen molar-refractivity contribution in [2.75, 3.05) is 20.3 Å². The summed E-state index contributed by atoms with van der Waals surface area (Å²) < 4.78 is 5.43. The second-order valence-corrected chi connectivity index (χ2v) is 13.3. The maximum absolute atomic E-state index is 14.1. The van der Waals surface area contributed by atoms with Gasteiger partial charge in [0.15, 0.2) is 11.5 Å². The number of dihydropyridines is 1. The first-order valence-corrected chi connectivity index (χ1v) is 16.8. The first kappa shape index (κ1) is 33.3. The van der Waals surface area contributed by atoms with Crippen LogP contribution < -0.4 is 15.8 Å². The van der Waals surface area contributed by atoms with E-state index in [9.17, 15) is 19.8 Å². The lowest BCUT2D eigenvalue weighted by molar-refractivity contribution is -0.130. The molecule has 3 aliphatic rings. The van der Waals surface area contributed by atoms with E-state index in [2.05, 4.69) is 30.2 Å². The van der Waals surface area contributed by atoms with Crippen molar-refractivity contribution in [1.29, 1.82) is 0 Å². The largest absolute Gasteiger partial charge is 0.504 e. The number of fused-ring (bicyclic) bond motifs is 2. The summed E-state index contributed by atoms with van der Waals surface area (Å²) in [6, 6.07) is 13.5. The van der Waals surface area contributed by atoms with Crippen molar-refractivity contribution in [3.05, 3.63) is 82.7 Å². The minimum Gasteiger partial charge on any atom is -0.504 e. The van der Waals surface area contributed by atoms with E-state index in [4.69, 9.17) is 10.5 Å². The van der Waals surface area contributed by atoms with Gasteiger partial charge < -0.3 is 26.0 Å². The number of aliphatic hydroxyl groups is 1. The lowest BCUT2D eigenvalue weighted by atomic mass is 9.76. The lowest BCUT2D eigenvalue weighted by Crippen LogP contribution is -2.29. The topological polar surface area (TPSA) is 122 Å². The van der Waals surface area contributed by atoms with Crippen LogP contribution in [0, 0.1) is 41.4 Å². The van der Waals surface area contributed by atoms with E-state index in [0.717, 1.165) is 48.8 Å². The number of methoxy groups -OCH3 is 1. The number of ether oxygens (including phenoxy) is 1. The van der Waals surface area contributed by atoms with Gasteiger partial charge in [-0.3, -0.25) is 9.59 Å². The monoisotopic (exact) mass is 624 g/mol. The van der Waals surface area contributed by atoms with Crippen LogP contribution in [-0.4, -0.2) is 42.0 Å². The van der Waals surface area contributed by atoms with Crippen molar-refractivity contribution in [3.63, 3.8) is 0 Å². The number of nitrogens with one attached hydrogen (secondary N) is 1. The van der Waals surface area contributed by atoms with E-state index in [1.165, 1.54) is 12.7 Å². The summed E-state index contributed by atoms with van der Waals surface area (Å²) >= 11 is 0. The van der Waals surface area contributed by atoms with Gasteiger partial charge in [-0.15, -0.1) is 0 Å². The molecule has 0 bridgehead atoms. The minimum absolute atomic E-state index is 0.0290. The van der Waals surface area contributed by atoms with Gasteiger partial charge in [-0.2, -0.15) is 0 Å². The summed E-state index contributed by atoms with van der Waals surface area (Å²) in [6.07, 6.45) is 9.59. The van der Waals surface area contributed by atoms with Crippen LogP contribution in [0.1, 0.15) is 80.9 Å². The number of Topliss-reactive ketones (excluding diaryl/α,β-unsaturated/α-hetero) is 2. The van der Waals surface area contributed by atoms with Crippen molar-refractivity contribution in [3.8, 4) is 23.3 Å². The number of benzene rings is 2. The molecule has 1 heterocycles. The van der Waals surface area contributed by atoms with Crippen molar-refractivity contribution in [2.45, 2.75) is 70.6 Å². The van der Waals surface area contributed by atoms with E-state index in [1.807, 2.05) is 36.4 Å². The average Bonchev–Trinajstić information content (AvgIpc) is 3.22. The predicted molar refractivity (Wildman–Crippen MR) is 180 cm³/mol. The highest BCUT2D eigenvalue weighted by atomic mass is 16.5. The molecular formula is C39H48N2O5. The molecule has 0 saturated heterocycles. The number of aromatic hydroxyl groups is 1. The molecule has 1 aliphatic heterocycles. The standard InChI is InChI=1S/C39H48N2O5/c1-3-7-30(24-42)31-18-26(16-25-14-15-41-39(40)19-25)17-28-11-13-33(27-8-5-4-6-9-27)34-23-37(45)38(46-2)21-29(34)10-12-32(43)22-36(44)35(28)20-31/h4-6,8-9,14,19,21,23,26,28,30-31,33,35,41-42,45H,3,7,10,12,15-18,20,22,24,40H2,1-2H3. The normalized spacial score (nSPS) is 25.8. The number of aliphatic hydroxyl groups excluding tert-OH is 1. The van der Waals surface area contributed by atoms with E-state index in [0.29, 0.717) is 31.0 Å². The minimum atomic E-state index is -0.389. The summed E-state index contributed by atoms with van der Waals surface area (Å²) in [4.78, 5) is 27.4. The molecule has 0 amide bonds. The summed E-state index contributed by atoms with van der Waals surface area (Å²) in [5.41, 5.74) is 10.0. The molecule has 0 spiro atoms. The molecule has 46 heavy (non-hydrogen) atoms. The summed E-state index contributed by atoms with van der Waals surface area (Å²) in [6.45, 7) is 2.90. The molecule has 5 rings (SSSR count). The van der Waals surface area contributed by atoms with Crippen molar-refractivity contribution in [2.24, 2.45) is 35.3 Å². The van der Waals surface area contributed by atoms with Gasteiger partial charge >= 0.3 is 0 Å². The van der Waals surface area contributed by atoms with Crippen LogP contribution in [0.3, 0.4) is 0 Å². The number of hydrogen-bond acceptors (Lipinski definition) is 7. The Bertz CT molecular complexity index is 1520. The van der Waals surface area contributed by atoms with Gasteiger partial charge in [0.25, 0.3) is 0 Å². The van der Waals surface area contributed by atoms with Gasteiger partial charge in [0, 0.05) is 31.4 Å². The van der Waals surface area contributed by atoms with Crippen LogP contribution in [0.4, 0.5) is 0 Å². The van der Waals surface area contributed by atoms with Crippen LogP contribution >= 0.6 is 0 Å². The number of nitrogens with two attached hydrogens (primary N) is 1. The first-order chi connectivity index (χ1) is 22.3. The predicted octanol–water partition coefficient (Wildman–Crippen LogP) is 5.79. The second kappa shape index (κ2) is 15.5. The van der Waals surface area contributed by atoms with Crippen molar-refractivity contribution >= 4 is 11.6 Å². The molecule has 244 valence electrons. The molecule has 7 heteroatoms. The zero-order chi connectivity index (χ0) is 32.6. The second-order valence-electron chi connectivity index (χ2n) is 13.3. The van der Waals surface area contributed by atoms with E-state index >= 15 is 0 Å². The number of ketones is 2. The number of allylic oxidation sites excluding steroid dienone is 2. The maximum atomic E-state index is 14.1. The summed E-state index contributed by atoms with van der Waals surface area (Å²) in [5.74, 6) is 7.61. The molecule has 6 atom stereocenters. The SMILES string of the molecule is CCCC(CO)C1CC(CC2=CCNC(N)=C2)CC2C#CC(c3ccccc3)c3cc(O)c(OC)cc3CCC(=O)CC(=O)C2C1. The number of phenols is 1. The molecule has 1 saturated carbocycles. The molecule has 1 fully saturated rings. The number of rotatable bonds is 8. The van der Waals surface area contributed by atoms with Crippen LogP contribution in [0.5, 0.6) is 11.5 Å². The highest BCUT2D eigenvalue weighted by Crippen LogP contribution is 2.44. The Morgan fingerprint density at radius 3 is 2.61 bits per heavy atom. The fraction of sp³-hybridized carbons (Fsp3) is 0.487. The van der Waals surface area contributed by atoms with Gasteiger partial charge in [-0.25, -0.2) is 0 Å². The summed E-state index contributed by atoms with van der Waals surface area (Å²) in [7, 11) is 1.51. The van der Waals surface area contributed by atoms with Crippen molar-refractivity contribution in [1.82, 2.24) is 5.32 Å². The molecule has 0 radical (unpaired) electrons. The average molecular weight is 625 g/mol. The Balaban J connectivity index is 1.62. The van der Waals surface area contributed by atoms with E-state index < -0.39 is 0 Å². The van der Waals surface area contributed by atoms with Gasteiger partial charge in [0.05, 0.1) is 25.3 Å². The molecule has 2 aromatic carbocycles. The Morgan fingerprint density at radius 2 is 1.89 bits per heavy atom. The third-order valence-corrected chi connectivity index (χ3v) is 10.1. The Hall–Kier alpha value is -4.02. The number of carbonyl (C=O) groups excluding carboxylic acids is 2. The molecule has 0 aromatic heterocycles. The number of phenolic OH excluding ortho intramolecular Hbond substituents is 1. The van der Waals surface area contributed by atoms with Crippen molar-refractivity contribution < 1.29 is 24.5 Å². The Morgan fingerprint density at radius 1 is 1.09 bits per heavy atom. The maximum Gasteiger partial charge on any atom is 0.160 e. The van der Waals surface area contributed by atoms with E-state index in [-0.39, 0.29) is 72.3 Å². The Labute approximate surface area is 273 Å². The number of carbonyl (C=O) groups is 2. The molecule has 5 N–H and O–H groups in total. The summed E-state index contributed by atoms with van der Waals surface area (Å²) in [5, 5.41) is 24.5. The zero-order valence-corrected chi connectivity index (χ0v) is 27.1. The molecule has 6 unspecified atom stereocenters. The number of hydrogen-bond donors (Lipinski definition) is 4. The van der Waals surface area contributed by atoms with Crippen LogP contribution in [0.25, 0.3) is 0 Å². The molecule has 7 nitrogen and oxygen atoms in total. The third-order valence-electron chi connectivity index (χ3n) is 10.1. The zero-order valence-electron chi connectivity index (χ0n) is 27.1. The number of aryl methyl sites for hydroxylation is 1. The third kappa shape index (κ3) is 8.03. The fourth-order valence-corrected chi connectivity index (χ4v) is 7.77. The highest BCUT2D eigenvalue weighted by molar-refractivity contribution is 6.00. The fourth-order valence-electron chi connectivity index (χ4n) is 7.77. The van der Waals surface area contributed by atoms with Gasteiger partial charge in [0.1, 0.15) is 11.6 Å². The smallest absolute Gasteiger partial charge is 0.160 e. The van der Waals surface area contributed by atoms with Gasteiger partial charge in [-0.1, -0.05) is 61.6 Å². The molecule has 2 aliphatic carbocycles. The Kier molecular flexibility index (Phi) is 11.2. The lowest BCUT2D eigenvalue weighted by Gasteiger charge is -2.29. The van der Waals surface area contributed by atoms with Gasteiger partial charge in [0.2, 0.25) is 0 Å². The van der Waals surface area contributed by atoms with Crippen LogP contribution in [-0.2, 0) is 16.0 Å². The molecule has 2 aromatic rings. The van der Waals surface area contributed by atoms with Crippen LogP contribution in [0.15, 0.2) is 66.0 Å². The van der Waals surface area contributed by atoms with Gasteiger partial charge in [-0.05, 0) is 96.8 Å². The van der Waals surface area contributed by atoms with E-state index in [1.54, 1.807) is 12.1 Å². The molecular weight excluding hydrogens is 576 g/mol.